The minimum atomic E-state index is -3.62. The van der Waals surface area contributed by atoms with Gasteiger partial charge in [-0.25, -0.2) is 9.71 Å². The molecule has 1 aromatic rings. The molecule has 9 heteroatoms. The van der Waals surface area contributed by atoms with E-state index in [2.05, 4.69) is 32.1 Å². The molecule has 0 fully saturated rings. The third-order valence-electron chi connectivity index (χ3n) is 2.37. The van der Waals surface area contributed by atoms with Gasteiger partial charge in [-0.3, -0.25) is 0 Å². The highest BCUT2D eigenvalue weighted by molar-refractivity contribution is 7.90. The molecule has 0 unspecified atom stereocenters. The van der Waals surface area contributed by atoms with Gasteiger partial charge in [-0.2, -0.15) is 17.8 Å². The molecule has 0 bridgehead atoms. The molecule has 0 aliphatic heterocycles. The Morgan fingerprint density at radius 1 is 1.32 bits per heavy atom. The summed E-state index contributed by atoms with van der Waals surface area (Å²) in [5, 5.41) is 10.3. The van der Waals surface area contributed by atoms with E-state index in [4.69, 9.17) is 0 Å². The molecule has 0 radical (unpaired) electrons. The topological polar surface area (TPSA) is 100 Å². The Balaban J connectivity index is 2.39. The number of nitrogens with zero attached hydrogens (tertiary/aromatic N) is 4. The number of hydrogen-bond donors (Lipinski definition) is 2. The molecule has 0 aromatic carbocycles. The van der Waals surface area contributed by atoms with Gasteiger partial charge in [0.15, 0.2) is 0 Å². The molecule has 8 nitrogen and oxygen atoms in total. The van der Waals surface area contributed by atoms with Crippen LogP contribution in [0.3, 0.4) is 0 Å². The van der Waals surface area contributed by atoms with E-state index in [0.29, 0.717) is 6.54 Å². The monoisotopic (exact) mass is 288 g/mol. The fraction of sp³-hybridized carbons (Fsp3) is 0.700. The summed E-state index contributed by atoms with van der Waals surface area (Å²) in [4.78, 5) is 3.76. The van der Waals surface area contributed by atoms with Crippen LogP contribution in [0, 0.1) is 0 Å². The second-order valence-electron chi connectivity index (χ2n) is 4.00. The van der Waals surface area contributed by atoms with Crippen molar-refractivity contribution in [1.29, 1.82) is 0 Å². The van der Waals surface area contributed by atoms with Crippen LogP contribution < -0.4 is 10.0 Å². The first-order chi connectivity index (χ1) is 9.06. The fourth-order valence-corrected chi connectivity index (χ4v) is 2.19. The Morgan fingerprint density at radius 3 is 2.74 bits per heavy atom. The second-order valence-corrected chi connectivity index (χ2v) is 5.78. The maximum Gasteiger partial charge on any atom is 0.303 e. The van der Waals surface area contributed by atoms with Gasteiger partial charge in [0.2, 0.25) is 0 Å². The molecule has 19 heavy (non-hydrogen) atoms. The molecule has 1 heterocycles. The molecule has 1 rings (SSSR count). The fourth-order valence-electron chi connectivity index (χ4n) is 1.34. The first-order valence-corrected chi connectivity index (χ1v) is 7.58. The third kappa shape index (κ3) is 5.90. The van der Waals surface area contributed by atoms with Gasteiger partial charge < -0.3 is 5.32 Å². The molecule has 0 aliphatic carbocycles. The highest BCUT2D eigenvalue weighted by atomic mass is 32.2. The van der Waals surface area contributed by atoms with Crippen LogP contribution in [0.1, 0.15) is 19.8 Å². The molecule has 0 atom stereocenters. The molecular weight excluding hydrogens is 268 g/mol. The van der Waals surface area contributed by atoms with E-state index in [1.165, 1.54) is 23.7 Å². The second kappa shape index (κ2) is 7.97. The van der Waals surface area contributed by atoms with Crippen LogP contribution in [0.25, 0.3) is 0 Å². The first-order valence-electron chi connectivity index (χ1n) is 6.14. The Morgan fingerprint density at radius 2 is 2.11 bits per heavy atom. The van der Waals surface area contributed by atoms with Crippen molar-refractivity contribution in [3.05, 3.63) is 12.4 Å². The van der Waals surface area contributed by atoms with Crippen molar-refractivity contribution in [3.8, 4) is 0 Å². The lowest BCUT2D eigenvalue weighted by Gasteiger charge is -2.17. The van der Waals surface area contributed by atoms with Gasteiger partial charge in [0.05, 0.1) is 12.4 Å². The van der Waals surface area contributed by atoms with Crippen LogP contribution >= 0.6 is 0 Å². The van der Waals surface area contributed by atoms with Crippen molar-refractivity contribution in [2.75, 3.05) is 31.4 Å². The zero-order valence-electron chi connectivity index (χ0n) is 11.2. The standard InChI is InChI=1S/C10H20N6O2S/c1-3-5-11-6-4-9-16(2)19(17,18)15-10-12-7-8-13-14-10/h7-8,11H,3-6,9H2,1-2H3,(H,12,14,15). The molecule has 0 amide bonds. The zero-order chi connectivity index (χ0) is 14.1. The van der Waals surface area contributed by atoms with Crippen molar-refractivity contribution in [2.24, 2.45) is 0 Å². The molecule has 0 saturated carbocycles. The van der Waals surface area contributed by atoms with Crippen LogP contribution in [-0.4, -0.2) is 54.6 Å². The van der Waals surface area contributed by atoms with E-state index in [1.54, 1.807) is 0 Å². The quantitative estimate of drug-likeness (QED) is 0.613. The molecule has 0 saturated heterocycles. The molecule has 0 aliphatic rings. The average molecular weight is 288 g/mol. The highest BCUT2D eigenvalue weighted by Gasteiger charge is 2.18. The van der Waals surface area contributed by atoms with Gasteiger partial charge in [0.1, 0.15) is 0 Å². The summed E-state index contributed by atoms with van der Waals surface area (Å²) in [7, 11) is -2.10. The molecule has 108 valence electrons. The van der Waals surface area contributed by atoms with Gasteiger partial charge in [0, 0.05) is 13.6 Å². The van der Waals surface area contributed by atoms with Crippen molar-refractivity contribution >= 4 is 16.2 Å². The van der Waals surface area contributed by atoms with E-state index < -0.39 is 10.2 Å². The lowest BCUT2D eigenvalue weighted by atomic mass is 10.4. The lowest BCUT2D eigenvalue weighted by Crippen LogP contribution is -2.35. The minimum Gasteiger partial charge on any atom is -0.317 e. The van der Waals surface area contributed by atoms with E-state index in [1.807, 2.05) is 0 Å². The van der Waals surface area contributed by atoms with Gasteiger partial charge >= 0.3 is 10.2 Å². The van der Waals surface area contributed by atoms with Crippen molar-refractivity contribution in [1.82, 2.24) is 24.8 Å². The highest BCUT2D eigenvalue weighted by Crippen LogP contribution is 2.02. The number of anilines is 1. The number of hydrogen-bond acceptors (Lipinski definition) is 6. The van der Waals surface area contributed by atoms with E-state index in [9.17, 15) is 8.42 Å². The van der Waals surface area contributed by atoms with Crippen LogP contribution in [0.15, 0.2) is 12.4 Å². The molecular formula is C10H20N6O2S. The van der Waals surface area contributed by atoms with Gasteiger partial charge in [-0.15, -0.1) is 5.10 Å². The summed E-state index contributed by atoms with van der Waals surface area (Å²) < 4.78 is 27.3. The lowest BCUT2D eigenvalue weighted by molar-refractivity contribution is 0.458. The Kier molecular flexibility index (Phi) is 6.60. The summed E-state index contributed by atoms with van der Waals surface area (Å²) in [5.41, 5.74) is 0. The predicted octanol–water partition coefficient (Wildman–Crippen LogP) is -0.150. The van der Waals surface area contributed by atoms with Gasteiger partial charge in [-0.05, 0) is 25.9 Å². The van der Waals surface area contributed by atoms with E-state index in [0.717, 1.165) is 25.9 Å². The zero-order valence-corrected chi connectivity index (χ0v) is 12.0. The normalized spacial score (nSPS) is 11.7. The first kappa shape index (κ1) is 15.7. The summed E-state index contributed by atoms with van der Waals surface area (Å²) >= 11 is 0. The van der Waals surface area contributed by atoms with Crippen molar-refractivity contribution < 1.29 is 8.42 Å². The Hall–Kier alpha value is -1.32. The Labute approximate surface area is 113 Å². The number of rotatable bonds is 9. The largest absolute Gasteiger partial charge is 0.317 e. The van der Waals surface area contributed by atoms with E-state index >= 15 is 0 Å². The SMILES string of the molecule is CCCNCCCN(C)S(=O)(=O)Nc1nccnn1. The number of aromatic nitrogens is 3. The van der Waals surface area contributed by atoms with Gasteiger partial charge in [-0.1, -0.05) is 6.92 Å². The number of nitrogens with one attached hydrogen (secondary N) is 2. The van der Waals surface area contributed by atoms with Crippen molar-refractivity contribution in [3.63, 3.8) is 0 Å². The summed E-state index contributed by atoms with van der Waals surface area (Å²) in [6.45, 7) is 4.24. The molecule has 1 aromatic heterocycles. The van der Waals surface area contributed by atoms with Crippen LogP contribution in [0.5, 0.6) is 0 Å². The van der Waals surface area contributed by atoms with Crippen molar-refractivity contribution in [2.45, 2.75) is 19.8 Å². The maximum absolute atomic E-state index is 11.9. The summed E-state index contributed by atoms with van der Waals surface area (Å²) in [6.07, 6.45) is 4.56. The Bertz CT molecular complexity index is 452. The van der Waals surface area contributed by atoms with Gasteiger partial charge in [0.25, 0.3) is 5.95 Å². The third-order valence-corrected chi connectivity index (χ3v) is 3.81. The van der Waals surface area contributed by atoms with Crippen LogP contribution in [0.2, 0.25) is 0 Å². The molecule has 0 spiro atoms. The minimum absolute atomic E-state index is 0.0292. The predicted molar refractivity (Wildman–Crippen MR) is 72.8 cm³/mol. The molecule has 2 N–H and O–H groups in total. The summed E-state index contributed by atoms with van der Waals surface area (Å²) in [6, 6.07) is 0. The van der Waals surface area contributed by atoms with Crippen LogP contribution in [0.4, 0.5) is 5.95 Å². The van der Waals surface area contributed by atoms with E-state index in [-0.39, 0.29) is 5.95 Å². The average Bonchev–Trinajstić information content (AvgIpc) is 2.39. The van der Waals surface area contributed by atoms with Crippen LogP contribution in [-0.2, 0) is 10.2 Å². The summed E-state index contributed by atoms with van der Waals surface area (Å²) in [5.74, 6) is -0.0292. The smallest absolute Gasteiger partial charge is 0.303 e. The maximum atomic E-state index is 11.9.